The lowest BCUT2D eigenvalue weighted by Gasteiger charge is -2.17. The predicted octanol–water partition coefficient (Wildman–Crippen LogP) is 4.04. The fourth-order valence-corrected chi connectivity index (χ4v) is 4.94. The summed E-state index contributed by atoms with van der Waals surface area (Å²) in [5.74, 6) is 1.46. The Balaban J connectivity index is 1.69. The summed E-state index contributed by atoms with van der Waals surface area (Å²) in [6.07, 6.45) is 2.89. The number of hydrogen-bond donors (Lipinski definition) is 3. The highest BCUT2D eigenvalue weighted by molar-refractivity contribution is 7.21. The van der Waals surface area contributed by atoms with Crippen LogP contribution in [-0.4, -0.2) is 53.0 Å². The van der Waals surface area contributed by atoms with E-state index in [1.54, 1.807) is 18.4 Å². The van der Waals surface area contributed by atoms with Crippen molar-refractivity contribution in [2.24, 2.45) is 5.92 Å². The Labute approximate surface area is 178 Å². The van der Waals surface area contributed by atoms with Gasteiger partial charge in [-0.1, -0.05) is 23.7 Å². The van der Waals surface area contributed by atoms with E-state index in [0.717, 1.165) is 40.1 Å². The lowest BCUT2D eigenvalue weighted by atomic mass is 10.1. The summed E-state index contributed by atoms with van der Waals surface area (Å²) >= 11 is 8.19. The van der Waals surface area contributed by atoms with Gasteiger partial charge in [-0.15, -0.1) is 11.3 Å². The molecular weight excluding hydrogens is 410 g/mol. The van der Waals surface area contributed by atoms with E-state index >= 15 is 0 Å². The van der Waals surface area contributed by atoms with Crippen molar-refractivity contribution in [3.05, 3.63) is 29.4 Å². The van der Waals surface area contributed by atoms with Crippen molar-refractivity contribution in [3.63, 3.8) is 0 Å². The third-order valence-electron chi connectivity index (χ3n) is 5.10. The number of aliphatic hydroxyl groups excluding tert-OH is 1. The second-order valence-electron chi connectivity index (χ2n) is 7.17. The Hall–Kier alpha value is -2.00. The SMILES string of the molecule is COCCNc1nc(Cl)c(-c2nc3ccccc3s2)c(N[C@H]2CC[C@@H](CO)C2)n1. The van der Waals surface area contributed by atoms with Crippen molar-refractivity contribution in [3.8, 4) is 10.6 Å². The Morgan fingerprint density at radius 3 is 2.86 bits per heavy atom. The highest BCUT2D eigenvalue weighted by atomic mass is 35.5. The number of para-hydroxylation sites is 1. The van der Waals surface area contributed by atoms with Crippen molar-refractivity contribution in [1.29, 1.82) is 0 Å². The van der Waals surface area contributed by atoms with Crippen LogP contribution < -0.4 is 10.6 Å². The van der Waals surface area contributed by atoms with Gasteiger partial charge in [0.2, 0.25) is 5.95 Å². The number of halogens is 1. The first kappa shape index (κ1) is 20.3. The number of nitrogens with one attached hydrogen (secondary N) is 2. The molecule has 154 valence electrons. The Kier molecular flexibility index (Phi) is 6.44. The van der Waals surface area contributed by atoms with E-state index in [9.17, 15) is 5.11 Å². The average Bonchev–Trinajstić information content (AvgIpc) is 3.34. The average molecular weight is 434 g/mol. The van der Waals surface area contributed by atoms with Crippen LogP contribution in [0.4, 0.5) is 11.8 Å². The number of rotatable bonds is 8. The summed E-state index contributed by atoms with van der Waals surface area (Å²) in [7, 11) is 1.65. The van der Waals surface area contributed by atoms with Crippen molar-refractivity contribution in [2.75, 3.05) is 37.5 Å². The summed E-state index contributed by atoms with van der Waals surface area (Å²) in [6.45, 7) is 1.35. The maximum Gasteiger partial charge on any atom is 0.226 e. The molecule has 29 heavy (non-hydrogen) atoms. The molecule has 9 heteroatoms. The second kappa shape index (κ2) is 9.21. The molecule has 1 fully saturated rings. The van der Waals surface area contributed by atoms with Gasteiger partial charge in [-0.3, -0.25) is 0 Å². The quantitative estimate of drug-likeness (QED) is 0.364. The topological polar surface area (TPSA) is 92.2 Å². The molecule has 0 radical (unpaired) electrons. The molecule has 3 aromatic rings. The number of aromatic nitrogens is 3. The first-order valence-electron chi connectivity index (χ1n) is 9.71. The van der Waals surface area contributed by atoms with Crippen LogP contribution in [0.1, 0.15) is 19.3 Å². The zero-order valence-electron chi connectivity index (χ0n) is 16.2. The van der Waals surface area contributed by atoms with Gasteiger partial charge in [-0.25, -0.2) is 9.97 Å². The summed E-state index contributed by atoms with van der Waals surface area (Å²) in [4.78, 5) is 13.9. The molecule has 0 unspecified atom stereocenters. The molecule has 2 aromatic heterocycles. The molecule has 1 aromatic carbocycles. The molecule has 1 saturated carbocycles. The van der Waals surface area contributed by atoms with Gasteiger partial charge in [-0.2, -0.15) is 4.98 Å². The minimum Gasteiger partial charge on any atom is -0.396 e. The standard InChI is InChI=1S/C20H24ClN5O2S/c1-28-9-8-22-20-25-17(21)16(19-24-14-4-2-3-5-15(14)29-19)18(26-20)23-13-7-6-12(10-13)11-27/h2-5,12-13,27H,6-11H2,1H3,(H2,22,23,25,26)/t12-,13+/m1/s1. The molecule has 1 aliphatic carbocycles. The van der Waals surface area contributed by atoms with Crippen LogP contribution >= 0.6 is 22.9 Å². The van der Waals surface area contributed by atoms with Gasteiger partial charge in [0.05, 0.1) is 22.4 Å². The van der Waals surface area contributed by atoms with Crippen LogP contribution in [-0.2, 0) is 4.74 Å². The van der Waals surface area contributed by atoms with Gasteiger partial charge in [0.1, 0.15) is 16.0 Å². The molecule has 4 rings (SSSR count). The minimum absolute atomic E-state index is 0.220. The molecule has 0 spiro atoms. The van der Waals surface area contributed by atoms with Crippen LogP contribution in [0.5, 0.6) is 0 Å². The fourth-order valence-electron chi connectivity index (χ4n) is 3.62. The first-order valence-corrected chi connectivity index (χ1v) is 10.9. The summed E-state index contributed by atoms with van der Waals surface area (Å²) in [5, 5.41) is 17.3. The van der Waals surface area contributed by atoms with E-state index < -0.39 is 0 Å². The number of methoxy groups -OCH3 is 1. The largest absolute Gasteiger partial charge is 0.396 e. The number of ether oxygens (including phenoxy) is 1. The molecule has 0 bridgehead atoms. The lowest BCUT2D eigenvalue weighted by Crippen LogP contribution is -2.19. The van der Waals surface area contributed by atoms with E-state index in [0.29, 0.717) is 36.0 Å². The fraction of sp³-hybridized carbons (Fsp3) is 0.450. The van der Waals surface area contributed by atoms with Crippen molar-refractivity contribution >= 4 is 44.9 Å². The van der Waals surface area contributed by atoms with Crippen molar-refractivity contribution < 1.29 is 9.84 Å². The monoisotopic (exact) mass is 433 g/mol. The van der Waals surface area contributed by atoms with E-state index in [1.807, 2.05) is 24.3 Å². The molecule has 0 saturated heterocycles. The highest BCUT2D eigenvalue weighted by Crippen LogP contribution is 2.39. The van der Waals surface area contributed by atoms with Gasteiger partial charge in [0.25, 0.3) is 0 Å². The van der Waals surface area contributed by atoms with Crippen LogP contribution in [0.25, 0.3) is 20.8 Å². The first-order chi connectivity index (χ1) is 14.2. The van der Waals surface area contributed by atoms with Gasteiger partial charge in [-0.05, 0) is 37.3 Å². The molecule has 0 amide bonds. The summed E-state index contributed by atoms with van der Waals surface area (Å²) < 4.78 is 6.17. The smallest absolute Gasteiger partial charge is 0.226 e. The Morgan fingerprint density at radius 2 is 2.10 bits per heavy atom. The zero-order valence-corrected chi connectivity index (χ0v) is 17.8. The molecule has 2 heterocycles. The molecule has 1 aliphatic rings. The summed E-state index contributed by atoms with van der Waals surface area (Å²) in [6, 6.07) is 8.23. The molecule has 2 atom stereocenters. The molecule has 0 aliphatic heterocycles. The van der Waals surface area contributed by atoms with Crippen molar-refractivity contribution in [2.45, 2.75) is 25.3 Å². The maximum atomic E-state index is 9.47. The van der Waals surface area contributed by atoms with E-state index in [4.69, 9.17) is 26.3 Å². The lowest BCUT2D eigenvalue weighted by molar-refractivity contribution is 0.210. The Morgan fingerprint density at radius 1 is 1.24 bits per heavy atom. The number of fused-ring (bicyclic) bond motifs is 1. The number of anilines is 2. The number of aliphatic hydroxyl groups is 1. The summed E-state index contributed by atoms with van der Waals surface area (Å²) in [5.41, 5.74) is 1.65. The van der Waals surface area contributed by atoms with Crippen LogP contribution in [0.3, 0.4) is 0 Å². The number of nitrogens with zero attached hydrogens (tertiary/aromatic N) is 3. The molecular formula is C20H24ClN5O2S. The highest BCUT2D eigenvalue weighted by Gasteiger charge is 2.27. The van der Waals surface area contributed by atoms with E-state index in [1.165, 1.54) is 0 Å². The van der Waals surface area contributed by atoms with Gasteiger partial charge < -0.3 is 20.5 Å². The normalized spacial score (nSPS) is 19.0. The predicted molar refractivity (Wildman–Crippen MR) is 118 cm³/mol. The molecule has 3 N–H and O–H groups in total. The van der Waals surface area contributed by atoms with Gasteiger partial charge >= 0.3 is 0 Å². The minimum atomic E-state index is 0.220. The van der Waals surface area contributed by atoms with Crippen LogP contribution in [0, 0.1) is 5.92 Å². The second-order valence-corrected chi connectivity index (χ2v) is 8.56. The van der Waals surface area contributed by atoms with Crippen LogP contribution in [0.2, 0.25) is 5.15 Å². The van der Waals surface area contributed by atoms with Gasteiger partial charge in [0, 0.05) is 26.3 Å². The van der Waals surface area contributed by atoms with Gasteiger partial charge in [0.15, 0.2) is 0 Å². The number of hydrogen-bond acceptors (Lipinski definition) is 8. The third kappa shape index (κ3) is 4.61. The number of thiazole rings is 1. The third-order valence-corrected chi connectivity index (χ3v) is 6.43. The number of benzene rings is 1. The van der Waals surface area contributed by atoms with E-state index in [2.05, 4.69) is 15.6 Å². The zero-order chi connectivity index (χ0) is 20.2. The van der Waals surface area contributed by atoms with Crippen LogP contribution in [0.15, 0.2) is 24.3 Å². The van der Waals surface area contributed by atoms with Crippen molar-refractivity contribution in [1.82, 2.24) is 15.0 Å². The maximum absolute atomic E-state index is 9.47. The Bertz CT molecular complexity index is 950. The molecule has 7 nitrogen and oxygen atoms in total. The van der Waals surface area contributed by atoms with E-state index in [-0.39, 0.29) is 12.6 Å².